The average molecular weight is 797 g/mol. The number of nitrogens with zero attached hydrogens (tertiary/aromatic N) is 2. The standard InChI is InChI=1S/C48H33N2O8P/c1-30-13-17-32(18-14-30)56-36-23-26-43(44(29-36)59(55,37-9-5-3-6-10-37)38-11-7-4-8-12-38)58-33-19-15-31(16-20-33)50-47(53)40-25-22-35(28-42(40)48(50)54)57-34-21-24-39-41(27-34)46(52)49(2)45(39)51/h3-29H,1-2H3. The summed E-state index contributed by atoms with van der Waals surface area (Å²) < 4.78 is 34.4. The number of anilines is 1. The fraction of sp³-hybridized carbons (Fsp3) is 0.0417. The molecule has 7 aromatic rings. The van der Waals surface area contributed by atoms with E-state index in [1.54, 1.807) is 54.6 Å². The van der Waals surface area contributed by atoms with E-state index in [4.69, 9.17) is 14.2 Å². The van der Waals surface area contributed by atoms with Gasteiger partial charge in [0.05, 0.1) is 33.2 Å². The number of hydrogen-bond acceptors (Lipinski definition) is 8. The van der Waals surface area contributed by atoms with E-state index in [1.807, 2.05) is 91.9 Å². The molecule has 0 radical (unpaired) electrons. The minimum atomic E-state index is -3.55. The first kappa shape index (κ1) is 37.1. The number of ether oxygens (including phenoxy) is 3. The van der Waals surface area contributed by atoms with Gasteiger partial charge in [-0.05, 0) is 97.9 Å². The molecule has 0 saturated carbocycles. The lowest BCUT2D eigenvalue weighted by molar-refractivity contribution is 0.0692. The first-order valence-corrected chi connectivity index (χ1v) is 20.3. The Morgan fingerprint density at radius 3 is 1.49 bits per heavy atom. The summed E-state index contributed by atoms with van der Waals surface area (Å²) >= 11 is 0. The number of carbonyl (C=O) groups excluding carboxylic acids is 4. The van der Waals surface area contributed by atoms with Gasteiger partial charge in [0.1, 0.15) is 34.5 Å². The maximum Gasteiger partial charge on any atom is 0.266 e. The quantitative estimate of drug-likeness (QED) is 0.0994. The van der Waals surface area contributed by atoms with E-state index in [9.17, 15) is 19.2 Å². The van der Waals surface area contributed by atoms with Gasteiger partial charge in [-0.3, -0.25) is 24.1 Å². The summed E-state index contributed by atoms with van der Waals surface area (Å²) in [5.41, 5.74) is 2.27. The number of aryl methyl sites for hydroxylation is 1. The molecule has 0 aromatic heterocycles. The number of benzene rings is 7. The predicted octanol–water partition coefficient (Wildman–Crippen LogP) is 9.04. The molecule has 0 saturated heterocycles. The van der Waals surface area contributed by atoms with Crippen LogP contribution in [-0.4, -0.2) is 35.6 Å². The molecule has 2 aliphatic rings. The number of amides is 4. The number of fused-ring (bicyclic) bond motifs is 2. The summed E-state index contributed by atoms with van der Waals surface area (Å²) in [6, 6.07) is 47.0. The third-order valence-electron chi connectivity index (χ3n) is 10.2. The normalized spacial score (nSPS) is 13.4. The van der Waals surface area contributed by atoms with Gasteiger partial charge in [-0.2, -0.15) is 0 Å². The second-order valence-corrected chi connectivity index (χ2v) is 16.8. The van der Waals surface area contributed by atoms with Gasteiger partial charge in [-0.15, -0.1) is 0 Å². The van der Waals surface area contributed by atoms with Gasteiger partial charge in [-0.25, -0.2) is 4.90 Å². The zero-order chi connectivity index (χ0) is 40.8. The van der Waals surface area contributed by atoms with Crippen LogP contribution in [0.1, 0.15) is 47.0 Å². The minimum absolute atomic E-state index is 0.148. The van der Waals surface area contributed by atoms with Crippen molar-refractivity contribution in [1.29, 1.82) is 0 Å². The fourth-order valence-electron chi connectivity index (χ4n) is 7.19. The molecule has 59 heavy (non-hydrogen) atoms. The van der Waals surface area contributed by atoms with Crippen LogP contribution in [0.15, 0.2) is 164 Å². The van der Waals surface area contributed by atoms with Crippen LogP contribution in [0.3, 0.4) is 0 Å². The summed E-state index contributed by atoms with van der Waals surface area (Å²) in [5.74, 6) is 0.514. The molecule has 7 aromatic carbocycles. The summed E-state index contributed by atoms with van der Waals surface area (Å²) in [7, 11) is -2.13. The van der Waals surface area contributed by atoms with Crippen molar-refractivity contribution >= 4 is 52.4 Å². The molecular weight excluding hydrogens is 764 g/mol. The molecule has 0 bridgehead atoms. The molecule has 11 heteroatoms. The lowest BCUT2D eigenvalue weighted by Crippen LogP contribution is -2.29. The minimum Gasteiger partial charge on any atom is -0.457 e. The molecular formula is C48H33N2O8P. The van der Waals surface area contributed by atoms with Gasteiger partial charge in [0.15, 0.2) is 7.14 Å². The monoisotopic (exact) mass is 796 g/mol. The largest absolute Gasteiger partial charge is 0.457 e. The molecule has 0 unspecified atom stereocenters. The average Bonchev–Trinajstić information content (AvgIpc) is 3.64. The van der Waals surface area contributed by atoms with Gasteiger partial charge < -0.3 is 18.8 Å². The Balaban J connectivity index is 1.00. The van der Waals surface area contributed by atoms with Crippen LogP contribution in [0.2, 0.25) is 0 Å². The van der Waals surface area contributed by atoms with Crippen molar-refractivity contribution in [2.24, 2.45) is 0 Å². The Labute approximate surface area is 339 Å². The van der Waals surface area contributed by atoms with E-state index in [-0.39, 0.29) is 28.0 Å². The molecule has 4 amide bonds. The molecule has 0 atom stereocenters. The third kappa shape index (κ3) is 6.65. The number of carbonyl (C=O) groups is 4. The Kier molecular flexibility index (Phi) is 9.26. The zero-order valence-electron chi connectivity index (χ0n) is 31.7. The van der Waals surface area contributed by atoms with Crippen LogP contribution in [0.5, 0.6) is 34.5 Å². The van der Waals surface area contributed by atoms with Crippen molar-refractivity contribution in [2.45, 2.75) is 6.92 Å². The van der Waals surface area contributed by atoms with Crippen LogP contribution >= 0.6 is 7.14 Å². The van der Waals surface area contributed by atoms with Gasteiger partial charge in [0.25, 0.3) is 23.6 Å². The predicted molar refractivity (Wildman–Crippen MR) is 224 cm³/mol. The lowest BCUT2D eigenvalue weighted by Gasteiger charge is -2.23. The molecule has 288 valence electrons. The van der Waals surface area contributed by atoms with Gasteiger partial charge in [0.2, 0.25) is 0 Å². The van der Waals surface area contributed by atoms with E-state index in [1.165, 1.54) is 31.3 Å². The summed E-state index contributed by atoms with van der Waals surface area (Å²) in [6.45, 7) is 2.00. The van der Waals surface area contributed by atoms with Crippen molar-refractivity contribution < 1.29 is 38.0 Å². The highest BCUT2D eigenvalue weighted by molar-refractivity contribution is 7.85. The van der Waals surface area contributed by atoms with Gasteiger partial charge in [0, 0.05) is 17.7 Å². The van der Waals surface area contributed by atoms with E-state index in [0.29, 0.717) is 50.3 Å². The Morgan fingerprint density at radius 2 is 0.881 bits per heavy atom. The Hall–Kier alpha value is -7.55. The Bertz CT molecular complexity index is 2840. The highest BCUT2D eigenvalue weighted by Crippen LogP contribution is 2.47. The van der Waals surface area contributed by atoms with Crippen LogP contribution in [0, 0.1) is 6.92 Å². The first-order chi connectivity index (χ1) is 28.6. The molecule has 0 N–H and O–H groups in total. The molecule has 0 fully saturated rings. The van der Waals surface area contributed by atoms with E-state index < -0.39 is 30.8 Å². The van der Waals surface area contributed by atoms with Crippen LogP contribution in [0.25, 0.3) is 0 Å². The summed E-state index contributed by atoms with van der Waals surface area (Å²) in [6.07, 6.45) is 0. The molecule has 9 rings (SSSR count). The van der Waals surface area contributed by atoms with E-state index in [0.717, 1.165) is 15.4 Å². The molecule has 0 spiro atoms. The molecule has 0 aliphatic carbocycles. The smallest absolute Gasteiger partial charge is 0.266 e. The fourth-order valence-corrected chi connectivity index (χ4v) is 9.96. The summed E-state index contributed by atoms with van der Waals surface area (Å²) in [4.78, 5) is 54.3. The van der Waals surface area contributed by atoms with Crippen molar-refractivity contribution in [3.63, 3.8) is 0 Å². The van der Waals surface area contributed by atoms with Gasteiger partial charge >= 0.3 is 0 Å². The maximum atomic E-state index is 15.6. The van der Waals surface area contributed by atoms with Crippen molar-refractivity contribution in [2.75, 3.05) is 11.9 Å². The van der Waals surface area contributed by atoms with Crippen LogP contribution in [-0.2, 0) is 4.57 Å². The van der Waals surface area contributed by atoms with Crippen LogP contribution < -0.4 is 35.0 Å². The Morgan fingerprint density at radius 1 is 0.441 bits per heavy atom. The van der Waals surface area contributed by atoms with Gasteiger partial charge in [-0.1, -0.05) is 78.4 Å². The molecule has 2 heterocycles. The number of rotatable bonds is 10. The third-order valence-corrected chi connectivity index (χ3v) is 13.3. The van der Waals surface area contributed by atoms with E-state index >= 15 is 4.57 Å². The zero-order valence-corrected chi connectivity index (χ0v) is 32.6. The second-order valence-electron chi connectivity index (χ2n) is 14.1. The van der Waals surface area contributed by atoms with Crippen molar-refractivity contribution in [3.05, 3.63) is 192 Å². The molecule has 10 nitrogen and oxygen atoms in total. The maximum absolute atomic E-state index is 15.6. The SMILES string of the molecule is Cc1ccc(Oc2ccc(Oc3ccc(N4C(=O)c5ccc(Oc6ccc7c(c6)C(=O)N(C)C7=O)cc5C4=O)cc3)c(P(=O)(c3ccccc3)c3ccccc3)c2)cc1. The number of imide groups is 2. The number of hydrogen-bond donors (Lipinski definition) is 0. The van der Waals surface area contributed by atoms with E-state index in [2.05, 4.69) is 0 Å². The topological polar surface area (TPSA) is 120 Å². The molecule has 2 aliphatic heterocycles. The van der Waals surface area contributed by atoms with Crippen molar-refractivity contribution in [3.8, 4) is 34.5 Å². The highest BCUT2D eigenvalue weighted by Gasteiger charge is 2.38. The first-order valence-electron chi connectivity index (χ1n) is 18.6. The highest BCUT2D eigenvalue weighted by atomic mass is 31.2. The lowest BCUT2D eigenvalue weighted by atomic mass is 10.1. The van der Waals surface area contributed by atoms with Crippen molar-refractivity contribution in [1.82, 2.24) is 4.90 Å². The second kappa shape index (κ2) is 14.8. The summed E-state index contributed by atoms with van der Waals surface area (Å²) in [5, 5.41) is 1.66. The van der Waals surface area contributed by atoms with Crippen LogP contribution in [0.4, 0.5) is 5.69 Å².